The van der Waals surface area contributed by atoms with Crippen LogP contribution < -0.4 is 10.6 Å². The first-order chi connectivity index (χ1) is 8.83. The topological polar surface area (TPSA) is 36.4 Å². The number of nitrogens with one attached hydrogen (secondary N) is 2. The summed E-state index contributed by atoms with van der Waals surface area (Å²) in [5.74, 6) is 4.49. The summed E-state index contributed by atoms with van der Waals surface area (Å²) in [6.07, 6.45) is 6.62. The highest BCUT2D eigenvalue weighted by atomic mass is 127. The van der Waals surface area contributed by atoms with Gasteiger partial charge in [0.05, 0.1) is 0 Å². The van der Waals surface area contributed by atoms with Crippen molar-refractivity contribution in [2.75, 3.05) is 18.1 Å². The molecular formula is C14H28IN3S. The van der Waals surface area contributed by atoms with Crippen LogP contribution in [0.25, 0.3) is 0 Å². The maximum absolute atomic E-state index is 4.58. The minimum absolute atomic E-state index is 0. The van der Waals surface area contributed by atoms with Crippen LogP contribution in [-0.2, 0) is 0 Å². The van der Waals surface area contributed by atoms with Crippen molar-refractivity contribution < 1.29 is 0 Å². The van der Waals surface area contributed by atoms with Crippen LogP contribution in [-0.4, -0.2) is 36.1 Å². The molecule has 0 aromatic carbocycles. The van der Waals surface area contributed by atoms with Crippen molar-refractivity contribution in [3.05, 3.63) is 0 Å². The molecule has 0 radical (unpaired) electrons. The van der Waals surface area contributed by atoms with Crippen LogP contribution in [0.4, 0.5) is 0 Å². The summed E-state index contributed by atoms with van der Waals surface area (Å²) >= 11 is 2.06. The molecule has 0 bridgehead atoms. The number of thioether (sulfide) groups is 1. The van der Waals surface area contributed by atoms with Gasteiger partial charge in [-0.1, -0.05) is 13.3 Å². The third-order valence-electron chi connectivity index (χ3n) is 3.72. The van der Waals surface area contributed by atoms with Gasteiger partial charge in [0.25, 0.3) is 0 Å². The second-order valence-electron chi connectivity index (χ2n) is 5.42. The molecule has 1 saturated carbocycles. The highest BCUT2D eigenvalue weighted by Gasteiger charge is 2.36. The molecule has 2 aliphatic rings. The molecule has 0 aromatic rings. The first kappa shape index (κ1) is 17.4. The van der Waals surface area contributed by atoms with Gasteiger partial charge >= 0.3 is 0 Å². The molecule has 1 saturated heterocycles. The van der Waals surface area contributed by atoms with Crippen molar-refractivity contribution in [1.29, 1.82) is 0 Å². The van der Waals surface area contributed by atoms with E-state index in [-0.39, 0.29) is 24.0 Å². The molecule has 5 heteroatoms. The Morgan fingerprint density at radius 1 is 1.32 bits per heavy atom. The fourth-order valence-electron chi connectivity index (χ4n) is 2.63. The first-order valence-electron chi connectivity index (χ1n) is 7.48. The van der Waals surface area contributed by atoms with E-state index in [0.29, 0.717) is 12.1 Å². The van der Waals surface area contributed by atoms with E-state index < -0.39 is 0 Å². The van der Waals surface area contributed by atoms with Crippen molar-refractivity contribution >= 4 is 41.7 Å². The number of hydrogen-bond donors (Lipinski definition) is 2. The number of aliphatic imine (C=N–C) groups is 1. The summed E-state index contributed by atoms with van der Waals surface area (Å²) < 4.78 is 0. The van der Waals surface area contributed by atoms with Gasteiger partial charge in [0.2, 0.25) is 0 Å². The lowest BCUT2D eigenvalue weighted by Crippen LogP contribution is -2.46. The quantitative estimate of drug-likeness (QED) is 0.425. The Hall–Kier alpha value is 0.350. The highest BCUT2D eigenvalue weighted by Crippen LogP contribution is 2.34. The molecule has 2 rings (SSSR count). The van der Waals surface area contributed by atoms with Crippen LogP contribution in [0.1, 0.15) is 46.0 Å². The van der Waals surface area contributed by atoms with Crippen molar-refractivity contribution in [3.63, 3.8) is 0 Å². The Morgan fingerprint density at radius 2 is 2.16 bits per heavy atom. The third kappa shape index (κ3) is 6.10. The lowest BCUT2D eigenvalue weighted by atomic mass is 10.2. The van der Waals surface area contributed by atoms with Crippen molar-refractivity contribution in [3.8, 4) is 0 Å². The molecule has 0 amide bonds. The van der Waals surface area contributed by atoms with E-state index >= 15 is 0 Å². The maximum Gasteiger partial charge on any atom is 0.191 e. The minimum Gasteiger partial charge on any atom is -0.353 e. The average Bonchev–Trinajstić information content (AvgIpc) is 3.09. The van der Waals surface area contributed by atoms with Gasteiger partial charge in [0.15, 0.2) is 5.96 Å². The zero-order chi connectivity index (χ0) is 12.8. The van der Waals surface area contributed by atoms with Crippen LogP contribution in [0.2, 0.25) is 0 Å². The van der Waals surface area contributed by atoms with Crippen LogP contribution >= 0.6 is 35.7 Å². The fourth-order valence-corrected chi connectivity index (χ4v) is 3.70. The lowest BCUT2D eigenvalue weighted by Gasteiger charge is -2.24. The summed E-state index contributed by atoms with van der Waals surface area (Å²) in [7, 11) is 0. The van der Waals surface area contributed by atoms with Crippen LogP contribution in [0.3, 0.4) is 0 Å². The Kier molecular flexibility index (Phi) is 8.53. The van der Waals surface area contributed by atoms with Gasteiger partial charge in [0, 0.05) is 24.4 Å². The monoisotopic (exact) mass is 397 g/mol. The molecule has 3 atom stereocenters. The molecule has 1 aliphatic heterocycles. The van der Waals surface area contributed by atoms with Crippen LogP contribution in [0, 0.1) is 5.92 Å². The molecule has 0 spiro atoms. The van der Waals surface area contributed by atoms with Gasteiger partial charge in [-0.15, -0.1) is 24.0 Å². The maximum atomic E-state index is 4.58. The molecule has 1 heterocycles. The van der Waals surface area contributed by atoms with Gasteiger partial charge in [-0.05, 0) is 44.3 Å². The van der Waals surface area contributed by atoms with Gasteiger partial charge < -0.3 is 10.6 Å². The van der Waals surface area contributed by atoms with Crippen molar-refractivity contribution in [2.45, 2.75) is 58.0 Å². The molecular weight excluding hydrogens is 369 g/mol. The predicted octanol–water partition coefficient (Wildman–Crippen LogP) is 3.24. The molecule has 3 nitrogen and oxygen atoms in total. The van der Waals surface area contributed by atoms with Gasteiger partial charge in [-0.2, -0.15) is 11.8 Å². The van der Waals surface area contributed by atoms with E-state index in [4.69, 9.17) is 0 Å². The number of rotatable bonds is 5. The summed E-state index contributed by atoms with van der Waals surface area (Å²) in [5.41, 5.74) is 0. The molecule has 112 valence electrons. The fraction of sp³-hybridized carbons (Fsp3) is 0.929. The Bertz CT molecular complexity index is 280. The van der Waals surface area contributed by atoms with Crippen molar-refractivity contribution in [2.24, 2.45) is 10.9 Å². The minimum atomic E-state index is 0. The van der Waals surface area contributed by atoms with Gasteiger partial charge in [-0.25, -0.2) is 0 Å². The molecule has 0 aromatic heterocycles. The molecule has 1 aliphatic carbocycles. The van der Waals surface area contributed by atoms with Crippen LogP contribution in [0.15, 0.2) is 4.99 Å². The second-order valence-corrected chi connectivity index (χ2v) is 6.57. The second kappa shape index (κ2) is 9.32. The number of hydrogen-bond acceptors (Lipinski definition) is 2. The summed E-state index contributed by atoms with van der Waals surface area (Å²) in [5, 5.41) is 7.21. The average molecular weight is 397 g/mol. The molecule has 2 N–H and O–H groups in total. The smallest absolute Gasteiger partial charge is 0.191 e. The number of nitrogens with zero attached hydrogens (tertiary/aromatic N) is 1. The molecule has 19 heavy (non-hydrogen) atoms. The van der Waals surface area contributed by atoms with Gasteiger partial charge in [0.1, 0.15) is 0 Å². The molecule has 2 fully saturated rings. The Balaban J connectivity index is 0.00000180. The largest absolute Gasteiger partial charge is 0.353 e. The van der Waals surface area contributed by atoms with E-state index in [1.165, 1.54) is 43.6 Å². The zero-order valence-corrected chi connectivity index (χ0v) is 15.3. The highest BCUT2D eigenvalue weighted by molar-refractivity contribution is 14.0. The van der Waals surface area contributed by atoms with Gasteiger partial charge in [-0.3, -0.25) is 4.99 Å². The van der Waals surface area contributed by atoms with E-state index in [0.717, 1.165) is 18.4 Å². The van der Waals surface area contributed by atoms with E-state index in [2.05, 4.69) is 41.2 Å². The SMILES string of the molecule is CCCC1CC1NC(=NCC)NC1CCCSC1.I. The predicted molar refractivity (Wildman–Crippen MR) is 96.8 cm³/mol. The first-order valence-corrected chi connectivity index (χ1v) is 8.64. The van der Waals surface area contributed by atoms with E-state index in [9.17, 15) is 0 Å². The number of halogens is 1. The summed E-state index contributed by atoms with van der Waals surface area (Å²) in [6.45, 7) is 5.24. The number of guanidine groups is 1. The Labute approximate surface area is 139 Å². The Morgan fingerprint density at radius 3 is 2.79 bits per heavy atom. The van der Waals surface area contributed by atoms with E-state index in [1.807, 2.05) is 0 Å². The standard InChI is InChI=1S/C14H27N3S.HI/c1-3-6-11-9-13(11)17-14(15-4-2)16-12-7-5-8-18-10-12;/h11-13H,3-10H2,1-2H3,(H2,15,16,17);1H. The third-order valence-corrected chi connectivity index (χ3v) is 4.94. The zero-order valence-electron chi connectivity index (χ0n) is 12.2. The lowest BCUT2D eigenvalue weighted by molar-refractivity contribution is 0.575. The van der Waals surface area contributed by atoms with Crippen molar-refractivity contribution in [1.82, 2.24) is 10.6 Å². The molecule has 3 unspecified atom stereocenters. The normalized spacial score (nSPS) is 30.4. The van der Waals surface area contributed by atoms with E-state index in [1.54, 1.807) is 0 Å². The van der Waals surface area contributed by atoms with Crippen LogP contribution in [0.5, 0.6) is 0 Å². The summed E-state index contributed by atoms with van der Waals surface area (Å²) in [4.78, 5) is 4.58. The summed E-state index contributed by atoms with van der Waals surface area (Å²) in [6, 6.07) is 1.30.